The van der Waals surface area contributed by atoms with E-state index < -0.39 is 0 Å². The molecule has 5 aliphatic rings. The second-order valence-electron chi connectivity index (χ2n) is 16.8. The summed E-state index contributed by atoms with van der Waals surface area (Å²) in [5.41, 5.74) is 0. The van der Waals surface area contributed by atoms with Crippen molar-refractivity contribution < 1.29 is 0 Å². The van der Waals surface area contributed by atoms with E-state index >= 15 is 0 Å². The molecular weight excluding hydrogens is 514 g/mol. The first kappa shape index (κ1) is 33.2. The van der Waals surface area contributed by atoms with Gasteiger partial charge in [-0.1, -0.05) is 26.7 Å². The van der Waals surface area contributed by atoms with Crippen LogP contribution in [0.5, 0.6) is 0 Å². The maximum absolute atomic E-state index is 2.68. The average molecular weight is 586 g/mol. The summed E-state index contributed by atoms with van der Waals surface area (Å²) < 4.78 is 0. The topological polar surface area (TPSA) is 16.2 Å². The van der Waals surface area contributed by atoms with E-state index in [1.807, 2.05) is 0 Å². The van der Waals surface area contributed by atoms with Crippen LogP contribution in [0.15, 0.2) is 0 Å². The zero-order chi connectivity index (χ0) is 29.8. The molecule has 0 amide bonds. The lowest BCUT2D eigenvalue weighted by Crippen LogP contribution is -2.21. The number of nitrogens with zero attached hydrogens (tertiary/aromatic N) is 5. The van der Waals surface area contributed by atoms with Crippen molar-refractivity contribution in [1.82, 2.24) is 24.5 Å². The summed E-state index contributed by atoms with van der Waals surface area (Å²) in [5, 5.41) is 0. The van der Waals surface area contributed by atoms with Crippen LogP contribution in [0.25, 0.3) is 0 Å². The summed E-state index contributed by atoms with van der Waals surface area (Å²) >= 11 is 0. The Kier molecular flexibility index (Phi) is 12.2. The normalized spacial score (nSPS) is 41.2. The van der Waals surface area contributed by atoms with Gasteiger partial charge in [-0.25, -0.2) is 0 Å². The molecule has 5 rings (SSSR count). The fourth-order valence-corrected chi connectivity index (χ4v) is 11.1. The Morgan fingerprint density at radius 3 is 0.595 bits per heavy atom. The first-order chi connectivity index (χ1) is 20.2. The third kappa shape index (κ3) is 8.53. The van der Waals surface area contributed by atoms with Crippen LogP contribution in [0, 0.1) is 59.2 Å². The highest BCUT2D eigenvalue weighted by Gasteiger charge is 2.38. The van der Waals surface area contributed by atoms with Crippen LogP contribution in [-0.4, -0.2) is 125 Å². The Morgan fingerprint density at radius 2 is 0.429 bits per heavy atom. The van der Waals surface area contributed by atoms with Crippen LogP contribution in [0.1, 0.15) is 78.1 Å². The predicted octanol–water partition coefficient (Wildman–Crippen LogP) is 5.82. The number of hydrogen-bond acceptors (Lipinski definition) is 5. The highest BCUT2D eigenvalue weighted by molar-refractivity contribution is 4.91. The van der Waals surface area contributed by atoms with Gasteiger partial charge in [-0.2, -0.15) is 0 Å². The molecule has 0 aromatic carbocycles. The zero-order valence-corrected chi connectivity index (χ0v) is 29.2. The minimum absolute atomic E-state index is 0.937. The third-order valence-corrected chi connectivity index (χ3v) is 13.5. The van der Waals surface area contributed by atoms with Gasteiger partial charge in [0.05, 0.1) is 0 Å². The molecule has 5 fully saturated rings. The molecule has 0 spiro atoms. The van der Waals surface area contributed by atoms with Gasteiger partial charge in [0, 0.05) is 65.4 Å². The van der Waals surface area contributed by atoms with Gasteiger partial charge in [0.15, 0.2) is 0 Å². The van der Waals surface area contributed by atoms with Gasteiger partial charge in [-0.15, -0.1) is 0 Å². The maximum atomic E-state index is 2.68. The van der Waals surface area contributed by atoms with Crippen molar-refractivity contribution >= 4 is 0 Å². The van der Waals surface area contributed by atoms with Crippen molar-refractivity contribution in [2.24, 2.45) is 59.2 Å². The highest BCUT2D eigenvalue weighted by Crippen LogP contribution is 2.40. The average Bonchev–Trinajstić information content (AvgIpc) is 3.75. The molecule has 0 saturated carbocycles. The van der Waals surface area contributed by atoms with Crippen molar-refractivity contribution in [3.63, 3.8) is 0 Å². The van der Waals surface area contributed by atoms with E-state index in [9.17, 15) is 0 Å². The Hall–Kier alpha value is -0.200. The van der Waals surface area contributed by atoms with Gasteiger partial charge in [0.1, 0.15) is 0 Å². The fraction of sp³-hybridized carbons (Fsp3) is 1.00. The molecule has 5 saturated heterocycles. The smallest absolute Gasteiger partial charge is 0.000985 e. The molecule has 5 heteroatoms. The SMILES string of the molecule is CCC1CN(C)CC1CCC1CN(C)CC1CCC1CN(C)CC1CCC1CN(C)CC1CCC1CN(C)CC1CC. The summed E-state index contributed by atoms with van der Waals surface area (Å²) in [6, 6.07) is 0. The van der Waals surface area contributed by atoms with Gasteiger partial charge in [0.25, 0.3) is 0 Å². The Balaban J connectivity index is 1.08. The first-order valence-electron chi connectivity index (χ1n) is 18.6. The van der Waals surface area contributed by atoms with E-state index in [1.54, 1.807) is 0 Å². The van der Waals surface area contributed by atoms with Gasteiger partial charge < -0.3 is 24.5 Å². The zero-order valence-electron chi connectivity index (χ0n) is 29.2. The number of hydrogen-bond donors (Lipinski definition) is 0. The lowest BCUT2D eigenvalue weighted by atomic mass is 9.78. The number of likely N-dealkylation sites (tertiary alicyclic amines) is 5. The predicted molar refractivity (Wildman–Crippen MR) is 180 cm³/mol. The molecule has 10 atom stereocenters. The third-order valence-electron chi connectivity index (χ3n) is 13.5. The lowest BCUT2D eigenvalue weighted by molar-refractivity contribution is 0.258. The maximum Gasteiger partial charge on any atom is 0.000985 e. The van der Waals surface area contributed by atoms with Crippen LogP contribution in [0.3, 0.4) is 0 Å². The molecule has 5 aliphatic heterocycles. The molecular formula is C37H71N5. The van der Waals surface area contributed by atoms with Crippen LogP contribution in [0.2, 0.25) is 0 Å². The van der Waals surface area contributed by atoms with E-state index in [4.69, 9.17) is 0 Å². The van der Waals surface area contributed by atoms with Crippen LogP contribution >= 0.6 is 0 Å². The van der Waals surface area contributed by atoms with Crippen molar-refractivity contribution in [2.45, 2.75) is 78.1 Å². The van der Waals surface area contributed by atoms with E-state index in [1.165, 1.54) is 130 Å². The monoisotopic (exact) mass is 586 g/mol. The van der Waals surface area contributed by atoms with Crippen LogP contribution in [-0.2, 0) is 0 Å². The molecule has 42 heavy (non-hydrogen) atoms. The molecule has 0 aromatic heterocycles. The minimum atomic E-state index is 0.937. The second kappa shape index (κ2) is 15.4. The molecule has 0 aliphatic carbocycles. The van der Waals surface area contributed by atoms with Gasteiger partial charge >= 0.3 is 0 Å². The Bertz CT molecular complexity index is 741. The van der Waals surface area contributed by atoms with Crippen molar-refractivity contribution in [3.05, 3.63) is 0 Å². The van der Waals surface area contributed by atoms with Gasteiger partial charge in [0.2, 0.25) is 0 Å². The van der Waals surface area contributed by atoms with Gasteiger partial charge in [-0.3, -0.25) is 0 Å². The van der Waals surface area contributed by atoms with E-state index in [2.05, 4.69) is 73.6 Å². The number of rotatable bonds is 14. The second-order valence-corrected chi connectivity index (χ2v) is 16.8. The van der Waals surface area contributed by atoms with Crippen molar-refractivity contribution in [2.75, 3.05) is 101 Å². The van der Waals surface area contributed by atoms with Crippen molar-refractivity contribution in [3.8, 4) is 0 Å². The largest absolute Gasteiger partial charge is 0.306 e. The van der Waals surface area contributed by atoms with E-state index in [0.29, 0.717) is 0 Å². The molecule has 0 aromatic rings. The van der Waals surface area contributed by atoms with E-state index in [-0.39, 0.29) is 0 Å². The van der Waals surface area contributed by atoms with Crippen molar-refractivity contribution in [1.29, 1.82) is 0 Å². The summed E-state index contributed by atoms with van der Waals surface area (Å²) in [6.07, 6.45) is 14.6. The summed E-state index contributed by atoms with van der Waals surface area (Å²) in [6.45, 7) is 18.3. The highest BCUT2D eigenvalue weighted by atomic mass is 15.1. The summed E-state index contributed by atoms with van der Waals surface area (Å²) in [7, 11) is 11.9. The molecule has 244 valence electrons. The quantitative estimate of drug-likeness (QED) is 0.255. The first-order valence-corrected chi connectivity index (χ1v) is 18.6. The fourth-order valence-electron chi connectivity index (χ4n) is 11.1. The summed E-state index contributed by atoms with van der Waals surface area (Å²) in [5.74, 6) is 9.42. The van der Waals surface area contributed by atoms with Crippen LogP contribution in [0.4, 0.5) is 0 Å². The summed E-state index contributed by atoms with van der Waals surface area (Å²) in [4.78, 5) is 13.2. The molecule has 0 N–H and O–H groups in total. The standard InChI is InChI=1S/C37H71N5/c1-8-28-18-38(3)20-30(28)10-12-32-22-40(5)24-34(32)14-16-36-26-42(7)27-37(36)17-15-35-25-41(6)23-33(35)13-11-31-21-39(4)19-29(31)9-2/h28-37H,8-27H2,1-7H3. The molecule has 5 nitrogen and oxygen atoms in total. The van der Waals surface area contributed by atoms with Gasteiger partial charge in [-0.05, 0) is 146 Å². The molecule has 0 bridgehead atoms. The van der Waals surface area contributed by atoms with E-state index in [0.717, 1.165) is 59.2 Å². The molecule has 0 radical (unpaired) electrons. The molecule has 5 heterocycles. The minimum Gasteiger partial charge on any atom is -0.306 e. The molecule has 10 unspecified atom stereocenters. The Morgan fingerprint density at radius 1 is 0.286 bits per heavy atom. The lowest BCUT2D eigenvalue weighted by Gasteiger charge is -2.26. The Labute approximate surface area is 262 Å². The van der Waals surface area contributed by atoms with Crippen LogP contribution < -0.4 is 0 Å².